The number of para-hydroxylation sites is 1. The van der Waals surface area contributed by atoms with Gasteiger partial charge in [0.15, 0.2) is 5.65 Å². The van der Waals surface area contributed by atoms with Gasteiger partial charge in [-0.2, -0.15) is 14.6 Å². The van der Waals surface area contributed by atoms with Gasteiger partial charge in [0.1, 0.15) is 11.6 Å². The van der Waals surface area contributed by atoms with Gasteiger partial charge in [-0.15, -0.1) is 0 Å². The van der Waals surface area contributed by atoms with Crippen molar-refractivity contribution in [2.24, 2.45) is 0 Å². The minimum absolute atomic E-state index is 0.146. The molecule has 196 valence electrons. The Labute approximate surface area is 225 Å². The lowest BCUT2D eigenvalue weighted by Gasteiger charge is -2.26. The van der Waals surface area contributed by atoms with Crippen LogP contribution in [0, 0.1) is 0 Å². The zero-order valence-electron chi connectivity index (χ0n) is 20.9. The average Bonchev–Trinajstić information content (AvgIpc) is 3.64. The third kappa shape index (κ3) is 5.60. The third-order valence-corrected chi connectivity index (χ3v) is 7.00. The fraction of sp³-hybridized carbons (Fsp3) is 0.321. The summed E-state index contributed by atoms with van der Waals surface area (Å²) in [4.78, 5) is 19.7. The minimum Gasteiger partial charge on any atom is -0.439 e. The summed E-state index contributed by atoms with van der Waals surface area (Å²) in [5.74, 6) is 1.77. The van der Waals surface area contributed by atoms with Gasteiger partial charge in [0, 0.05) is 43.9 Å². The number of ether oxygens (including phenoxy) is 2. The molecule has 2 aromatic heterocycles. The highest BCUT2D eigenvalue weighted by atomic mass is 35.5. The number of rotatable bonds is 9. The number of hydrogen-bond acceptors (Lipinski definition) is 7. The lowest BCUT2D eigenvalue weighted by Crippen LogP contribution is -2.39. The first kappa shape index (κ1) is 24.7. The first-order valence-electron chi connectivity index (χ1n) is 12.9. The summed E-state index contributed by atoms with van der Waals surface area (Å²) in [6.07, 6.45) is 3.80. The number of anilines is 1. The van der Waals surface area contributed by atoms with Crippen LogP contribution >= 0.6 is 11.6 Å². The fourth-order valence-electron chi connectivity index (χ4n) is 4.46. The fourth-order valence-corrected chi connectivity index (χ4v) is 4.72. The number of halogens is 1. The van der Waals surface area contributed by atoms with Crippen molar-refractivity contribution in [2.75, 3.05) is 44.7 Å². The molecule has 10 heteroatoms. The minimum atomic E-state index is -0.146. The number of carbonyl (C=O) groups is 1. The number of carbonyl (C=O) groups excluding carboxylic acids is 1. The highest BCUT2D eigenvalue weighted by Crippen LogP contribution is 2.32. The van der Waals surface area contributed by atoms with Crippen molar-refractivity contribution in [3.8, 4) is 22.8 Å². The zero-order valence-corrected chi connectivity index (χ0v) is 21.7. The Hall–Kier alpha value is -3.66. The van der Waals surface area contributed by atoms with Crippen molar-refractivity contribution in [1.82, 2.24) is 24.8 Å². The maximum absolute atomic E-state index is 12.5. The van der Waals surface area contributed by atoms with Crippen LogP contribution in [0.5, 0.6) is 11.6 Å². The number of morpholine rings is 1. The van der Waals surface area contributed by atoms with Gasteiger partial charge in [-0.25, -0.2) is 0 Å². The summed E-state index contributed by atoms with van der Waals surface area (Å²) in [7, 11) is 0. The van der Waals surface area contributed by atoms with Crippen LogP contribution in [0.3, 0.4) is 0 Å². The molecule has 9 nitrogen and oxygen atoms in total. The van der Waals surface area contributed by atoms with E-state index in [4.69, 9.17) is 26.1 Å². The predicted octanol–water partition coefficient (Wildman–Crippen LogP) is 4.48. The molecule has 4 aromatic rings. The molecule has 0 radical (unpaired) electrons. The number of aromatic nitrogens is 3. The molecule has 1 aliphatic carbocycles. The van der Waals surface area contributed by atoms with E-state index in [0.717, 1.165) is 69.2 Å². The summed E-state index contributed by atoms with van der Waals surface area (Å²) >= 11 is 6.55. The average molecular weight is 533 g/mol. The lowest BCUT2D eigenvalue weighted by atomic mass is 10.1. The van der Waals surface area contributed by atoms with E-state index in [-0.39, 0.29) is 11.9 Å². The number of nitrogens with zero attached hydrogens (tertiary/aromatic N) is 4. The molecule has 1 amide bonds. The van der Waals surface area contributed by atoms with Gasteiger partial charge in [-0.3, -0.25) is 9.69 Å². The highest BCUT2D eigenvalue weighted by Gasteiger charge is 2.25. The Kier molecular flexibility index (Phi) is 7.13. The van der Waals surface area contributed by atoms with E-state index in [9.17, 15) is 4.79 Å². The molecule has 0 atom stereocenters. The monoisotopic (exact) mass is 532 g/mol. The Morgan fingerprint density at radius 2 is 1.92 bits per heavy atom. The molecular formula is C28H29ClN6O3. The lowest BCUT2D eigenvalue weighted by molar-refractivity contribution is 0.0398. The maximum atomic E-state index is 12.5. The molecule has 1 saturated carbocycles. The molecule has 2 N–H and O–H groups in total. The van der Waals surface area contributed by atoms with E-state index < -0.39 is 0 Å². The highest BCUT2D eigenvalue weighted by molar-refractivity contribution is 6.34. The molecule has 0 bridgehead atoms. The van der Waals surface area contributed by atoms with Crippen molar-refractivity contribution in [3.05, 3.63) is 71.4 Å². The van der Waals surface area contributed by atoms with E-state index >= 15 is 0 Å². The van der Waals surface area contributed by atoms with Crippen LogP contribution in [0.15, 0.2) is 60.8 Å². The zero-order chi connectivity index (χ0) is 25.9. The third-order valence-electron chi connectivity index (χ3n) is 6.69. The van der Waals surface area contributed by atoms with Gasteiger partial charge in [-0.05, 0) is 42.7 Å². The first-order valence-corrected chi connectivity index (χ1v) is 13.3. The number of fused-ring (bicyclic) bond motifs is 1. The Morgan fingerprint density at radius 3 is 2.68 bits per heavy atom. The van der Waals surface area contributed by atoms with Crippen LogP contribution in [0.25, 0.3) is 16.8 Å². The molecule has 2 aromatic carbocycles. The summed E-state index contributed by atoms with van der Waals surface area (Å²) in [6, 6.07) is 17.1. The SMILES string of the molecule is O=C(NC1CC1)c1ccc(-c2cnn3c(NCCN4CCOCC4)cc(Oc4ccccc4)nc23)cc1Cl. The largest absolute Gasteiger partial charge is 0.439 e. The molecule has 0 unspecified atom stereocenters. The van der Waals surface area contributed by atoms with Gasteiger partial charge in [0.25, 0.3) is 5.91 Å². The second-order valence-corrected chi connectivity index (χ2v) is 9.92. The standard InChI is InChI=1S/C28H29ClN6O3/c29-24-16-19(6-9-22(24)28(36)32-20-7-8-20)23-18-31-35-25(30-10-11-34-12-14-37-15-13-34)17-26(33-27(23)35)38-21-4-2-1-3-5-21/h1-6,9,16-18,20,30H,7-8,10-15H2,(H,32,36). The Bertz CT molecular complexity index is 1430. The molecule has 6 rings (SSSR count). The molecule has 1 saturated heterocycles. The quantitative estimate of drug-likeness (QED) is 0.328. The van der Waals surface area contributed by atoms with Gasteiger partial charge in [0.2, 0.25) is 5.88 Å². The first-order chi connectivity index (χ1) is 18.6. The van der Waals surface area contributed by atoms with Crippen molar-refractivity contribution < 1.29 is 14.3 Å². The number of hydrogen-bond donors (Lipinski definition) is 2. The Balaban J connectivity index is 1.30. The van der Waals surface area contributed by atoms with Crippen molar-refractivity contribution in [3.63, 3.8) is 0 Å². The van der Waals surface area contributed by atoms with Crippen LogP contribution in [-0.4, -0.2) is 70.8 Å². The topological polar surface area (TPSA) is 93.0 Å². The van der Waals surface area contributed by atoms with Crippen molar-refractivity contribution >= 4 is 29.0 Å². The van der Waals surface area contributed by atoms with Crippen LogP contribution in [0.1, 0.15) is 23.2 Å². The van der Waals surface area contributed by atoms with Crippen molar-refractivity contribution in [2.45, 2.75) is 18.9 Å². The molecule has 0 spiro atoms. The van der Waals surface area contributed by atoms with Gasteiger partial charge >= 0.3 is 0 Å². The van der Waals surface area contributed by atoms with E-state index in [1.165, 1.54) is 0 Å². The maximum Gasteiger partial charge on any atom is 0.253 e. The number of benzene rings is 2. The van der Waals surface area contributed by atoms with Crippen molar-refractivity contribution in [1.29, 1.82) is 0 Å². The second kappa shape index (κ2) is 11.0. The normalized spacial score (nSPS) is 15.9. The van der Waals surface area contributed by atoms with E-state index in [1.54, 1.807) is 22.8 Å². The second-order valence-electron chi connectivity index (χ2n) is 9.51. The molecule has 1 aliphatic heterocycles. The van der Waals surface area contributed by atoms with Gasteiger partial charge in [0.05, 0.1) is 30.0 Å². The predicted molar refractivity (Wildman–Crippen MR) is 146 cm³/mol. The van der Waals surface area contributed by atoms with Gasteiger partial charge in [-0.1, -0.05) is 35.9 Å². The molecular weight excluding hydrogens is 504 g/mol. The Morgan fingerprint density at radius 1 is 1.11 bits per heavy atom. The van der Waals surface area contributed by atoms with Crippen LogP contribution in [0.2, 0.25) is 5.02 Å². The molecule has 3 heterocycles. The summed E-state index contributed by atoms with van der Waals surface area (Å²) in [5.41, 5.74) is 2.69. The number of nitrogens with one attached hydrogen (secondary N) is 2. The number of amides is 1. The molecule has 2 fully saturated rings. The van der Waals surface area contributed by atoms with E-state index in [1.807, 2.05) is 42.5 Å². The summed E-state index contributed by atoms with van der Waals surface area (Å²) in [5, 5.41) is 11.5. The smallest absolute Gasteiger partial charge is 0.253 e. The van der Waals surface area contributed by atoms with Crippen LogP contribution in [-0.2, 0) is 4.74 Å². The van der Waals surface area contributed by atoms with Crippen LogP contribution < -0.4 is 15.4 Å². The molecule has 2 aliphatic rings. The van der Waals surface area contributed by atoms with Crippen LogP contribution in [0.4, 0.5) is 5.82 Å². The summed E-state index contributed by atoms with van der Waals surface area (Å²) < 4.78 is 13.3. The molecule has 38 heavy (non-hydrogen) atoms. The summed E-state index contributed by atoms with van der Waals surface area (Å²) in [6.45, 7) is 5.00. The van der Waals surface area contributed by atoms with E-state index in [2.05, 4.69) is 20.6 Å². The van der Waals surface area contributed by atoms with E-state index in [0.29, 0.717) is 27.9 Å². The van der Waals surface area contributed by atoms with Gasteiger partial charge < -0.3 is 20.1 Å².